The Morgan fingerprint density at radius 3 is 2.58 bits per heavy atom. The Morgan fingerprint density at radius 2 is 1.84 bits per heavy atom. The molecule has 2 aromatic rings. The average Bonchev–Trinajstić information content (AvgIpc) is 2.37. The lowest BCUT2D eigenvalue weighted by Gasteiger charge is -2.29. The number of hydrogen-bond acceptors (Lipinski definition) is 2. The highest BCUT2D eigenvalue weighted by molar-refractivity contribution is 8.01. The molecule has 0 aliphatic carbocycles. The maximum atomic E-state index is 4.43. The third-order valence-corrected chi connectivity index (χ3v) is 4.48. The summed E-state index contributed by atoms with van der Waals surface area (Å²) in [6, 6.07) is 12.9. The quantitative estimate of drug-likeness (QED) is 0.742. The Labute approximate surface area is 118 Å². The van der Waals surface area contributed by atoms with E-state index in [1.165, 1.54) is 21.6 Å². The van der Waals surface area contributed by atoms with Crippen molar-refractivity contribution in [1.29, 1.82) is 0 Å². The molecule has 2 heteroatoms. The largest absolute Gasteiger partial charge is 0.261 e. The van der Waals surface area contributed by atoms with Gasteiger partial charge in [-0.25, -0.2) is 0 Å². The van der Waals surface area contributed by atoms with Gasteiger partial charge in [0.25, 0.3) is 0 Å². The van der Waals surface area contributed by atoms with E-state index in [9.17, 15) is 0 Å². The first-order valence-electron chi connectivity index (χ1n) is 6.49. The molecule has 0 amide bonds. The number of benzene rings is 1. The summed E-state index contributed by atoms with van der Waals surface area (Å²) in [7, 11) is 0. The van der Waals surface area contributed by atoms with Gasteiger partial charge in [-0.05, 0) is 44.0 Å². The lowest BCUT2D eigenvalue weighted by atomic mass is 9.95. The normalized spacial score (nSPS) is 16.7. The van der Waals surface area contributed by atoms with Gasteiger partial charge in [-0.1, -0.05) is 30.3 Å². The number of hydrogen-bond donors (Lipinski definition) is 0. The number of aromatic nitrogens is 1. The van der Waals surface area contributed by atoms with Crippen molar-refractivity contribution in [3.05, 3.63) is 65.5 Å². The Morgan fingerprint density at radius 1 is 1.05 bits per heavy atom. The topological polar surface area (TPSA) is 12.9 Å². The van der Waals surface area contributed by atoms with Crippen molar-refractivity contribution in [3.63, 3.8) is 0 Å². The molecule has 96 valence electrons. The number of pyridine rings is 1. The van der Waals surface area contributed by atoms with E-state index in [1.54, 1.807) is 0 Å². The zero-order valence-electron chi connectivity index (χ0n) is 11.5. The van der Waals surface area contributed by atoms with Crippen LogP contribution in [0.15, 0.2) is 53.6 Å². The molecule has 0 bridgehead atoms. The molecule has 1 aliphatic rings. The van der Waals surface area contributed by atoms with E-state index in [0.717, 1.165) is 5.69 Å². The van der Waals surface area contributed by atoms with Gasteiger partial charge in [0.15, 0.2) is 0 Å². The number of nitrogens with zero attached hydrogens (tertiary/aromatic N) is 1. The van der Waals surface area contributed by atoms with Gasteiger partial charge >= 0.3 is 0 Å². The minimum Gasteiger partial charge on any atom is -0.261 e. The molecule has 0 saturated carbocycles. The van der Waals surface area contributed by atoms with E-state index in [-0.39, 0.29) is 4.75 Å². The van der Waals surface area contributed by atoms with Crippen LogP contribution >= 0.6 is 11.8 Å². The maximum Gasteiger partial charge on any atom is 0.0373 e. The molecule has 19 heavy (non-hydrogen) atoms. The van der Waals surface area contributed by atoms with Gasteiger partial charge in [-0.2, -0.15) is 0 Å². The summed E-state index contributed by atoms with van der Waals surface area (Å²) in [6.07, 6.45) is 4.33. The predicted molar refractivity (Wildman–Crippen MR) is 82.4 cm³/mol. The summed E-state index contributed by atoms with van der Waals surface area (Å²) in [4.78, 5) is 5.78. The van der Waals surface area contributed by atoms with Gasteiger partial charge < -0.3 is 0 Å². The lowest BCUT2D eigenvalue weighted by Crippen LogP contribution is -2.16. The van der Waals surface area contributed by atoms with E-state index >= 15 is 0 Å². The van der Waals surface area contributed by atoms with Crippen LogP contribution < -0.4 is 0 Å². The Bertz CT molecular complexity index is 639. The maximum absolute atomic E-state index is 4.43. The van der Waals surface area contributed by atoms with Crippen LogP contribution in [-0.4, -0.2) is 9.73 Å². The molecule has 0 atom stereocenters. The van der Waals surface area contributed by atoms with Gasteiger partial charge in [0.1, 0.15) is 0 Å². The van der Waals surface area contributed by atoms with Crippen molar-refractivity contribution in [2.24, 2.45) is 0 Å². The average molecular weight is 267 g/mol. The highest BCUT2D eigenvalue weighted by Gasteiger charge is 2.26. The Kier molecular flexibility index (Phi) is 2.98. The molecule has 0 N–H and O–H groups in total. The van der Waals surface area contributed by atoms with Crippen molar-refractivity contribution in [3.8, 4) is 0 Å². The highest BCUT2D eigenvalue weighted by Crippen LogP contribution is 2.45. The zero-order chi connectivity index (χ0) is 13.5. The van der Waals surface area contributed by atoms with Crippen LogP contribution in [0.1, 0.15) is 30.7 Å². The second-order valence-electron chi connectivity index (χ2n) is 5.45. The Hall–Kier alpha value is -1.54. The molecule has 0 radical (unpaired) electrons. The molecule has 0 unspecified atom stereocenters. The first kappa shape index (κ1) is 12.5. The van der Waals surface area contributed by atoms with Gasteiger partial charge in [0.05, 0.1) is 0 Å². The first-order chi connectivity index (χ1) is 9.05. The van der Waals surface area contributed by atoms with E-state index in [4.69, 9.17) is 0 Å². The summed E-state index contributed by atoms with van der Waals surface area (Å²) in [5, 5.41) is 0. The van der Waals surface area contributed by atoms with E-state index in [2.05, 4.69) is 61.3 Å². The predicted octanol–water partition coefficient (Wildman–Crippen LogP) is 4.71. The van der Waals surface area contributed by atoms with E-state index in [1.807, 2.05) is 24.9 Å². The fourth-order valence-electron chi connectivity index (χ4n) is 2.38. The molecule has 3 rings (SSSR count). The molecule has 1 nitrogen and oxygen atoms in total. The van der Waals surface area contributed by atoms with Crippen molar-refractivity contribution >= 4 is 17.3 Å². The molecule has 1 aromatic carbocycles. The van der Waals surface area contributed by atoms with Crippen LogP contribution in [0.3, 0.4) is 0 Å². The minimum atomic E-state index is 0.120. The fourth-order valence-corrected chi connectivity index (χ4v) is 3.56. The van der Waals surface area contributed by atoms with Crippen LogP contribution in [0.25, 0.3) is 5.57 Å². The summed E-state index contributed by atoms with van der Waals surface area (Å²) in [6.45, 7) is 6.54. The lowest BCUT2D eigenvalue weighted by molar-refractivity contribution is 0.891. The smallest absolute Gasteiger partial charge is 0.0373 e. The SMILES string of the molecule is Cc1ccc(C2=CC(C)(C)Sc3ccccc32)cn1. The van der Waals surface area contributed by atoms with Crippen molar-refractivity contribution in [2.75, 3.05) is 0 Å². The van der Waals surface area contributed by atoms with Crippen molar-refractivity contribution in [1.82, 2.24) is 4.98 Å². The number of rotatable bonds is 1. The molecular formula is C17H17NS. The second kappa shape index (κ2) is 4.53. The number of fused-ring (bicyclic) bond motifs is 1. The third kappa shape index (κ3) is 2.45. The Balaban J connectivity index is 2.17. The van der Waals surface area contributed by atoms with Gasteiger partial charge in [-0.15, -0.1) is 11.8 Å². The highest BCUT2D eigenvalue weighted by atomic mass is 32.2. The van der Waals surface area contributed by atoms with Crippen LogP contribution in [0.4, 0.5) is 0 Å². The van der Waals surface area contributed by atoms with Crippen molar-refractivity contribution < 1.29 is 0 Å². The summed E-state index contributed by atoms with van der Waals surface area (Å²) < 4.78 is 0.120. The van der Waals surface area contributed by atoms with Gasteiger partial charge in [0.2, 0.25) is 0 Å². The number of thioether (sulfide) groups is 1. The van der Waals surface area contributed by atoms with E-state index in [0.29, 0.717) is 0 Å². The first-order valence-corrected chi connectivity index (χ1v) is 7.31. The molecule has 0 spiro atoms. The standard InChI is InChI=1S/C17H17NS/c1-12-8-9-13(11-18-12)15-10-17(2,3)19-16-7-5-4-6-14(15)16/h4-11H,1-3H3. The van der Waals surface area contributed by atoms with Crippen LogP contribution in [-0.2, 0) is 0 Å². The molecule has 0 saturated heterocycles. The third-order valence-electron chi connectivity index (χ3n) is 3.26. The molecule has 1 aliphatic heterocycles. The van der Waals surface area contributed by atoms with Gasteiger partial charge in [0, 0.05) is 27.1 Å². The number of aryl methyl sites for hydroxylation is 1. The molecule has 0 fully saturated rings. The fraction of sp³-hybridized carbons (Fsp3) is 0.235. The molecular weight excluding hydrogens is 250 g/mol. The zero-order valence-corrected chi connectivity index (χ0v) is 12.3. The second-order valence-corrected chi connectivity index (χ2v) is 7.14. The minimum absolute atomic E-state index is 0.120. The summed E-state index contributed by atoms with van der Waals surface area (Å²) >= 11 is 1.92. The van der Waals surface area contributed by atoms with E-state index < -0.39 is 0 Å². The molecule has 2 heterocycles. The monoisotopic (exact) mass is 267 g/mol. The molecule has 1 aromatic heterocycles. The summed E-state index contributed by atoms with van der Waals surface area (Å²) in [5.74, 6) is 0. The van der Waals surface area contributed by atoms with Crippen LogP contribution in [0.5, 0.6) is 0 Å². The van der Waals surface area contributed by atoms with Crippen molar-refractivity contribution in [2.45, 2.75) is 30.4 Å². The summed E-state index contributed by atoms with van der Waals surface area (Å²) in [5.41, 5.74) is 4.87. The van der Waals surface area contributed by atoms with Gasteiger partial charge in [-0.3, -0.25) is 4.98 Å². The van der Waals surface area contributed by atoms with Crippen LogP contribution in [0.2, 0.25) is 0 Å². The van der Waals surface area contributed by atoms with Crippen LogP contribution in [0, 0.1) is 6.92 Å².